The molecule has 0 aliphatic carbocycles. The maximum absolute atomic E-state index is 11.9. The van der Waals surface area contributed by atoms with Crippen molar-refractivity contribution >= 4 is 21.8 Å². The molecule has 1 N–H and O–H groups in total. The summed E-state index contributed by atoms with van der Waals surface area (Å²) in [5.74, 6) is -0.214. The topological polar surface area (TPSA) is 64.7 Å². The number of amides is 1. The van der Waals surface area contributed by atoms with Crippen LogP contribution in [0.15, 0.2) is 22.9 Å². The number of carbonyl (C=O) groups excluding carboxylic acids is 1. The third kappa shape index (κ3) is 2.79. The first-order valence-corrected chi connectivity index (χ1v) is 6.39. The summed E-state index contributed by atoms with van der Waals surface area (Å²) < 4.78 is 4.09. The van der Waals surface area contributed by atoms with Crippen LogP contribution in [0.5, 0.6) is 0 Å². The van der Waals surface area contributed by atoms with E-state index in [0.29, 0.717) is 16.7 Å². The fraction of sp³-hybridized carbons (Fsp3) is 0.364. The number of hydrogen-bond donors (Lipinski definition) is 1. The van der Waals surface area contributed by atoms with E-state index in [9.17, 15) is 4.79 Å². The number of nitrogens with one attached hydrogen (secondary N) is 1. The van der Waals surface area contributed by atoms with E-state index < -0.39 is 0 Å². The Kier molecular flexibility index (Phi) is 3.81. The minimum absolute atomic E-state index is 0.214. The van der Waals surface area contributed by atoms with Gasteiger partial charge in [-0.25, -0.2) is 0 Å². The Bertz CT molecular complexity index is 560. The molecule has 0 bridgehead atoms. The zero-order valence-corrected chi connectivity index (χ0v) is 11.8. The fourth-order valence-corrected chi connectivity index (χ4v) is 2.10. The maximum Gasteiger partial charge on any atom is 0.273 e. The highest BCUT2D eigenvalue weighted by Gasteiger charge is 2.14. The second-order valence-corrected chi connectivity index (χ2v) is 4.70. The zero-order chi connectivity index (χ0) is 13.1. The molecule has 6 nitrogen and oxygen atoms in total. The highest BCUT2D eigenvalue weighted by Crippen LogP contribution is 2.13. The molecule has 2 aromatic heterocycles. The van der Waals surface area contributed by atoms with Gasteiger partial charge >= 0.3 is 0 Å². The molecule has 1 amide bonds. The van der Waals surface area contributed by atoms with Crippen LogP contribution in [0.1, 0.15) is 23.1 Å². The van der Waals surface area contributed by atoms with Crippen molar-refractivity contribution in [1.82, 2.24) is 24.9 Å². The lowest BCUT2D eigenvalue weighted by molar-refractivity contribution is 0.0944. The summed E-state index contributed by atoms with van der Waals surface area (Å²) in [7, 11) is 1.77. The van der Waals surface area contributed by atoms with Gasteiger partial charge in [-0.1, -0.05) is 0 Å². The minimum atomic E-state index is -0.214. The molecular weight excluding hydrogens is 298 g/mol. The van der Waals surface area contributed by atoms with E-state index in [1.165, 1.54) is 0 Å². The normalized spacial score (nSPS) is 10.6. The molecule has 0 spiro atoms. The second-order valence-electron chi connectivity index (χ2n) is 3.84. The summed E-state index contributed by atoms with van der Waals surface area (Å²) in [6.07, 6.45) is 3.62. The first-order valence-electron chi connectivity index (χ1n) is 5.60. The highest BCUT2D eigenvalue weighted by atomic mass is 79.9. The van der Waals surface area contributed by atoms with Crippen LogP contribution in [-0.2, 0) is 20.1 Å². The van der Waals surface area contributed by atoms with Crippen LogP contribution in [0, 0.1) is 0 Å². The number of aryl methyl sites for hydroxylation is 2. The Balaban J connectivity index is 1.98. The molecule has 2 rings (SSSR count). The summed E-state index contributed by atoms with van der Waals surface area (Å²) in [6, 6.07) is 1.89. The Hall–Kier alpha value is -1.63. The summed E-state index contributed by atoms with van der Waals surface area (Å²) in [6.45, 7) is 3.23. The molecule has 2 aromatic rings. The van der Waals surface area contributed by atoms with Crippen LogP contribution in [0.2, 0.25) is 0 Å². The van der Waals surface area contributed by atoms with Crippen molar-refractivity contribution in [3.63, 3.8) is 0 Å². The van der Waals surface area contributed by atoms with Crippen molar-refractivity contribution in [2.75, 3.05) is 0 Å². The molecule has 7 heteroatoms. The Labute approximate surface area is 113 Å². The van der Waals surface area contributed by atoms with Crippen LogP contribution >= 0.6 is 15.9 Å². The smallest absolute Gasteiger partial charge is 0.273 e. The predicted molar refractivity (Wildman–Crippen MR) is 70.0 cm³/mol. The lowest BCUT2D eigenvalue weighted by atomic mass is 10.4. The molecule has 0 saturated heterocycles. The lowest BCUT2D eigenvalue weighted by Crippen LogP contribution is -2.24. The van der Waals surface area contributed by atoms with Gasteiger partial charge in [0.1, 0.15) is 0 Å². The SMILES string of the molecule is CCn1ccc(CNC(=O)c2nn(C)cc2Br)n1. The molecule has 0 aromatic carbocycles. The summed E-state index contributed by atoms with van der Waals surface area (Å²) in [5, 5.41) is 11.1. The van der Waals surface area contributed by atoms with Crippen LogP contribution in [0.4, 0.5) is 0 Å². The third-order valence-corrected chi connectivity index (χ3v) is 3.03. The molecule has 0 unspecified atom stereocenters. The first-order chi connectivity index (χ1) is 8.60. The monoisotopic (exact) mass is 311 g/mol. The number of hydrogen-bond acceptors (Lipinski definition) is 3. The highest BCUT2D eigenvalue weighted by molar-refractivity contribution is 9.10. The quantitative estimate of drug-likeness (QED) is 0.926. The summed E-state index contributed by atoms with van der Waals surface area (Å²) in [5.41, 5.74) is 1.21. The maximum atomic E-state index is 11.9. The van der Waals surface area contributed by atoms with Gasteiger partial charge in [-0.05, 0) is 28.9 Å². The van der Waals surface area contributed by atoms with E-state index in [1.54, 1.807) is 17.9 Å². The molecule has 0 atom stereocenters. The van der Waals surface area contributed by atoms with E-state index in [1.807, 2.05) is 23.9 Å². The predicted octanol–water partition coefficient (Wildman–Crippen LogP) is 1.33. The zero-order valence-electron chi connectivity index (χ0n) is 10.2. The van der Waals surface area contributed by atoms with Crippen LogP contribution in [0.25, 0.3) is 0 Å². The van der Waals surface area contributed by atoms with Gasteiger partial charge in [0.15, 0.2) is 5.69 Å². The number of halogens is 1. The van der Waals surface area contributed by atoms with Gasteiger partial charge in [0.05, 0.1) is 16.7 Å². The van der Waals surface area contributed by atoms with E-state index in [4.69, 9.17) is 0 Å². The Morgan fingerprint density at radius 1 is 1.50 bits per heavy atom. The average Bonchev–Trinajstić information content (AvgIpc) is 2.92. The van der Waals surface area contributed by atoms with Gasteiger partial charge in [-0.2, -0.15) is 10.2 Å². The van der Waals surface area contributed by atoms with Crippen molar-refractivity contribution < 1.29 is 4.79 Å². The van der Waals surface area contributed by atoms with Gasteiger partial charge in [-0.15, -0.1) is 0 Å². The standard InChI is InChI=1S/C11H14BrN5O/c1-3-17-5-4-8(14-17)6-13-11(18)10-9(12)7-16(2)15-10/h4-5,7H,3,6H2,1-2H3,(H,13,18). The molecule has 18 heavy (non-hydrogen) atoms. The van der Waals surface area contributed by atoms with Gasteiger partial charge in [-0.3, -0.25) is 14.2 Å². The van der Waals surface area contributed by atoms with E-state index in [-0.39, 0.29) is 5.91 Å². The van der Waals surface area contributed by atoms with Gasteiger partial charge in [0.25, 0.3) is 5.91 Å². The molecule has 2 heterocycles. The third-order valence-electron chi connectivity index (χ3n) is 2.45. The number of carbonyl (C=O) groups is 1. The molecule has 0 saturated carbocycles. The fourth-order valence-electron chi connectivity index (χ4n) is 1.54. The van der Waals surface area contributed by atoms with Gasteiger partial charge < -0.3 is 5.32 Å². The molecule has 0 aliphatic heterocycles. The van der Waals surface area contributed by atoms with Crippen molar-refractivity contribution in [2.45, 2.75) is 20.0 Å². The average molecular weight is 312 g/mol. The first kappa shape index (κ1) is 12.8. The molecule has 0 radical (unpaired) electrons. The van der Waals surface area contributed by atoms with Gasteiger partial charge in [0, 0.05) is 26.0 Å². The van der Waals surface area contributed by atoms with Crippen LogP contribution < -0.4 is 5.32 Å². The van der Waals surface area contributed by atoms with Crippen molar-refractivity contribution in [1.29, 1.82) is 0 Å². The van der Waals surface area contributed by atoms with E-state index in [2.05, 4.69) is 31.4 Å². The minimum Gasteiger partial charge on any atom is -0.345 e. The summed E-state index contributed by atoms with van der Waals surface area (Å²) >= 11 is 3.30. The van der Waals surface area contributed by atoms with E-state index in [0.717, 1.165) is 12.2 Å². The molecular formula is C11H14BrN5O. The number of rotatable bonds is 4. The van der Waals surface area contributed by atoms with Crippen molar-refractivity contribution in [3.8, 4) is 0 Å². The lowest BCUT2D eigenvalue weighted by Gasteiger charge is -2.01. The Morgan fingerprint density at radius 2 is 2.28 bits per heavy atom. The summed E-state index contributed by atoms with van der Waals surface area (Å²) in [4.78, 5) is 11.9. The number of aromatic nitrogens is 4. The largest absolute Gasteiger partial charge is 0.345 e. The van der Waals surface area contributed by atoms with Crippen molar-refractivity contribution in [2.24, 2.45) is 7.05 Å². The number of nitrogens with zero attached hydrogens (tertiary/aromatic N) is 4. The van der Waals surface area contributed by atoms with E-state index >= 15 is 0 Å². The second kappa shape index (κ2) is 5.34. The Morgan fingerprint density at radius 3 is 2.83 bits per heavy atom. The molecule has 96 valence electrons. The molecule has 0 fully saturated rings. The van der Waals surface area contributed by atoms with Crippen molar-refractivity contribution in [3.05, 3.63) is 34.3 Å². The van der Waals surface area contributed by atoms with Crippen LogP contribution in [0.3, 0.4) is 0 Å². The van der Waals surface area contributed by atoms with Crippen LogP contribution in [-0.4, -0.2) is 25.5 Å². The van der Waals surface area contributed by atoms with Gasteiger partial charge in [0.2, 0.25) is 0 Å². The molecule has 0 aliphatic rings.